The van der Waals surface area contributed by atoms with E-state index in [4.69, 9.17) is 5.73 Å². The predicted molar refractivity (Wildman–Crippen MR) is 76.4 cm³/mol. The SMILES string of the molecule is CC1(C)CCC(N)C(Sc2n[nH]c(=O)n2C2CC2)C1. The predicted octanol–water partition coefficient (Wildman–Crippen LogP) is 1.90. The molecule has 0 saturated heterocycles. The minimum atomic E-state index is -0.0753. The van der Waals surface area contributed by atoms with E-state index in [2.05, 4.69) is 24.0 Å². The van der Waals surface area contributed by atoms with Crippen LogP contribution >= 0.6 is 11.8 Å². The van der Waals surface area contributed by atoms with Gasteiger partial charge in [-0.25, -0.2) is 9.89 Å². The van der Waals surface area contributed by atoms with E-state index in [0.717, 1.165) is 30.8 Å². The molecule has 106 valence electrons. The van der Waals surface area contributed by atoms with Crippen LogP contribution in [0.2, 0.25) is 0 Å². The summed E-state index contributed by atoms with van der Waals surface area (Å²) in [5.41, 5.74) is 6.52. The van der Waals surface area contributed by atoms with Gasteiger partial charge in [-0.15, -0.1) is 5.10 Å². The summed E-state index contributed by atoms with van der Waals surface area (Å²) in [4.78, 5) is 11.8. The molecule has 2 unspecified atom stereocenters. The standard InChI is InChI=1S/C13H22N4OS/c1-13(2)6-5-9(14)10(7-13)19-12-16-15-11(18)17(12)8-3-4-8/h8-10H,3-7,14H2,1-2H3,(H,15,18). The highest BCUT2D eigenvalue weighted by Gasteiger charge is 2.36. The molecule has 2 aliphatic carbocycles. The second-order valence-corrected chi connectivity index (χ2v) is 7.85. The monoisotopic (exact) mass is 282 g/mol. The number of hydrogen-bond acceptors (Lipinski definition) is 4. The topological polar surface area (TPSA) is 76.7 Å². The van der Waals surface area contributed by atoms with Gasteiger partial charge in [0.1, 0.15) is 0 Å². The Morgan fingerprint density at radius 3 is 2.84 bits per heavy atom. The average molecular weight is 282 g/mol. The van der Waals surface area contributed by atoms with E-state index < -0.39 is 0 Å². The maximum absolute atomic E-state index is 11.8. The molecule has 6 heteroatoms. The average Bonchev–Trinajstić information content (AvgIpc) is 3.10. The summed E-state index contributed by atoms with van der Waals surface area (Å²) in [6.07, 6.45) is 5.51. The number of rotatable bonds is 3. The Balaban J connectivity index is 1.79. The first kappa shape index (κ1) is 13.2. The molecular weight excluding hydrogens is 260 g/mol. The van der Waals surface area contributed by atoms with Crippen molar-refractivity contribution in [3.05, 3.63) is 10.5 Å². The molecule has 1 aromatic rings. The molecule has 3 rings (SSSR count). The van der Waals surface area contributed by atoms with Gasteiger partial charge >= 0.3 is 5.69 Å². The number of aromatic amines is 1. The Morgan fingerprint density at radius 2 is 2.16 bits per heavy atom. The van der Waals surface area contributed by atoms with Gasteiger partial charge in [0.15, 0.2) is 5.16 Å². The van der Waals surface area contributed by atoms with Crippen LogP contribution in [-0.2, 0) is 0 Å². The summed E-state index contributed by atoms with van der Waals surface area (Å²) in [6.45, 7) is 4.59. The molecule has 2 aliphatic rings. The van der Waals surface area contributed by atoms with Crippen LogP contribution in [0, 0.1) is 5.41 Å². The smallest absolute Gasteiger partial charge is 0.327 e. The van der Waals surface area contributed by atoms with Crippen molar-refractivity contribution in [3.8, 4) is 0 Å². The van der Waals surface area contributed by atoms with Crippen molar-refractivity contribution in [2.45, 2.75) is 68.4 Å². The summed E-state index contributed by atoms with van der Waals surface area (Å²) < 4.78 is 1.82. The van der Waals surface area contributed by atoms with Gasteiger partial charge in [0.25, 0.3) is 0 Å². The van der Waals surface area contributed by atoms with Crippen LogP contribution in [0.15, 0.2) is 9.95 Å². The third-order valence-corrected chi connectivity index (χ3v) is 5.54. The molecule has 2 atom stereocenters. The van der Waals surface area contributed by atoms with Crippen LogP contribution in [0.5, 0.6) is 0 Å². The lowest BCUT2D eigenvalue weighted by molar-refractivity contribution is 0.232. The third kappa shape index (κ3) is 2.74. The number of H-pyrrole nitrogens is 1. The van der Waals surface area contributed by atoms with Gasteiger partial charge < -0.3 is 5.73 Å². The van der Waals surface area contributed by atoms with Gasteiger partial charge in [0.2, 0.25) is 0 Å². The molecule has 0 spiro atoms. The van der Waals surface area contributed by atoms with E-state index in [1.807, 2.05) is 4.57 Å². The molecule has 0 aliphatic heterocycles. The molecule has 0 aromatic carbocycles. The molecule has 2 saturated carbocycles. The van der Waals surface area contributed by atoms with Gasteiger partial charge in [0, 0.05) is 17.3 Å². The van der Waals surface area contributed by atoms with Crippen LogP contribution < -0.4 is 11.4 Å². The van der Waals surface area contributed by atoms with Gasteiger partial charge in [-0.2, -0.15) is 0 Å². The second kappa shape index (κ2) is 4.66. The van der Waals surface area contributed by atoms with Crippen molar-refractivity contribution in [1.82, 2.24) is 14.8 Å². The number of nitrogens with one attached hydrogen (secondary N) is 1. The minimum absolute atomic E-state index is 0.0753. The minimum Gasteiger partial charge on any atom is -0.327 e. The summed E-state index contributed by atoms with van der Waals surface area (Å²) in [7, 11) is 0. The van der Waals surface area contributed by atoms with Crippen molar-refractivity contribution in [1.29, 1.82) is 0 Å². The van der Waals surface area contributed by atoms with Gasteiger partial charge in [-0.3, -0.25) is 4.57 Å². The molecule has 1 aromatic heterocycles. The highest BCUT2D eigenvalue weighted by molar-refractivity contribution is 7.99. The van der Waals surface area contributed by atoms with Crippen molar-refractivity contribution in [3.63, 3.8) is 0 Å². The number of nitrogens with zero attached hydrogens (tertiary/aromatic N) is 2. The van der Waals surface area contributed by atoms with Crippen LogP contribution in [0.3, 0.4) is 0 Å². The first-order chi connectivity index (χ1) is 8.96. The molecule has 5 nitrogen and oxygen atoms in total. The summed E-state index contributed by atoms with van der Waals surface area (Å²) >= 11 is 1.69. The quantitative estimate of drug-likeness (QED) is 0.888. The molecule has 0 radical (unpaired) electrons. The molecule has 19 heavy (non-hydrogen) atoms. The van der Waals surface area contributed by atoms with E-state index in [-0.39, 0.29) is 11.7 Å². The zero-order valence-corrected chi connectivity index (χ0v) is 12.4. The van der Waals surface area contributed by atoms with E-state index in [0.29, 0.717) is 16.7 Å². The van der Waals surface area contributed by atoms with Gasteiger partial charge in [-0.05, 0) is 37.5 Å². The first-order valence-electron chi connectivity index (χ1n) is 7.05. The van der Waals surface area contributed by atoms with E-state index in [1.165, 1.54) is 6.42 Å². The van der Waals surface area contributed by atoms with Crippen LogP contribution in [0.4, 0.5) is 0 Å². The summed E-state index contributed by atoms with van der Waals surface area (Å²) in [6, 6.07) is 0.569. The zero-order chi connectivity index (χ0) is 13.6. The Hall–Kier alpha value is -0.750. The molecule has 0 amide bonds. The zero-order valence-electron chi connectivity index (χ0n) is 11.6. The van der Waals surface area contributed by atoms with Crippen molar-refractivity contribution >= 4 is 11.8 Å². The molecule has 0 bridgehead atoms. The lowest BCUT2D eigenvalue weighted by atomic mass is 9.75. The summed E-state index contributed by atoms with van der Waals surface area (Å²) in [5.74, 6) is 0. The normalized spacial score (nSPS) is 30.5. The van der Waals surface area contributed by atoms with Crippen molar-refractivity contribution in [2.24, 2.45) is 11.1 Å². The molecule has 2 fully saturated rings. The highest BCUT2D eigenvalue weighted by atomic mass is 32.2. The Kier molecular flexibility index (Phi) is 3.25. The number of aromatic nitrogens is 3. The maximum atomic E-state index is 11.8. The summed E-state index contributed by atoms with van der Waals surface area (Å²) in [5, 5.41) is 7.95. The van der Waals surface area contributed by atoms with Gasteiger partial charge in [-0.1, -0.05) is 25.6 Å². The van der Waals surface area contributed by atoms with Gasteiger partial charge in [0.05, 0.1) is 0 Å². The fourth-order valence-electron chi connectivity index (χ4n) is 2.83. The lowest BCUT2D eigenvalue weighted by Gasteiger charge is -2.38. The highest BCUT2D eigenvalue weighted by Crippen LogP contribution is 2.43. The molecule has 1 heterocycles. The third-order valence-electron chi connectivity index (χ3n) is 4.23. The first-order valence-corrected chi connectivity index (χ1v) is 7.93. The van der Waals surface area contributed by atoms with Crippen molar-refractivity contribution in [2.75, 3.05) is 0 Å². The largest absolute Gasteiger partial charge is 0.344 e. The van der Waals surface area contributed by atoms with E-state index in [9.17, 15) is 4.79 Å². The number of nitrogens with two attached hydrogens (primary N) is 1. The van der Waals surface area contributed by atoms with E-state index >= 15 is 0 Å². The lowest BCUT2D eigenvalue weighted by Crippen LogP contribution is -2.41. The molecular formula is C13H22N4OS. The van der Waals surface area contributed by atoms with Crippen molar-refractivity contribution < 1.29 is 0 Å². The Morgan fingerprint density at radius 1 is 1.42 bits per heavy atom. The van der Waals surface area contributed by atoms with Crippen LogP contribution in [0.1, 0.15) is 52.0 Å². The fourth-order valence-corrected chi connectivity index (χ4v) is 4.39. The number of hydrogen-bond donors (Lipinski definition) is 2. The maximum Gasteiger partial charge on any atom is 0.344 e. The second-order valence-electron chi connectivity index (χ2n) is 6.64. The van der Waals surface area contributed by atoms with Crippen LogP contribution in [0.25, 0.3) is 0 Å². The van der Waals surface area contributed by atoms with E-state index in [1.54, 1.807) is 11.8 Å². The Bertz CT molecular complexity index is 517. The number of thioether (sulfide) groups is 1. The molecule has 3 N–H and O–H groups in total. The van der Waals surface area contributed by atoms with Crippen LogP contribution in [-0.4, -0.2) is 26.1 Å². The fraction of sp³-hybridized carbons (Fsp3) is 0.846. The Labute approximate surface area is 117 Å².